The molecule has 4 nitrogen and oxygen atoms in total. The largest absolute Gasteiger partial charge is 0.483 e. The van der Waals surface area contributed by atoms with E-state index >= 15 is 0 Å². The fraction of sp³-hybridized carbons (Fsp3) is 0.536. The Morgan fingerprint density at radius 2 is 1.66 bits per heavy atom. The minimum atomic E-state index is -0.140. The lowest BCUT2D eigenvalue weighted by atomic mass is 9.43. The summed E-state index contributed by atoms with van der Waals surface area (Å²) < 4.78 is 5.95. The van der Waals surface area contributed by atoms with Crippen LogP contribution in [0.1, 0.15) is 63.5 Å². The monoisotopic (exact) mass is 432 g/mol. The Labute approximate surface area is 192 Å². The highest BCUT2D eigenvalue weighted by atomic mass is 16.5. The number of aryl methyl sites for hydroxylation is 1. The van der Waals surface area contributed by atoms with E-state index in [-0.39, 0.29) is 18.1 Å². The number of ether oxygens (including phenoxy) is 1. The van der Waals surface area contributed by atoms with Gasteiger partial charge in [-0.3, -0.25) is 4.79 Å². The van der Waals surface area contributed by atoms with E-state index < -0.39 is 0 Å². The lowest BCUT2D eigenvalue weighted by molar-refractivity contribution is -0.119. The fourth-order valence-corrected chi connectivity index (χ4v) is 7.70. The van der Waals surface area contributed by atoms with Crippen molar-refractivity contribution >= 4 is 11.6 Å². The van der Waals surface area contributed by atoms with Crippen LogP contribution < -0.4 is 15.4 Å². The summed E-state index contributed by atoms with van der Waals surface area (Å²) >= 11 is 0. The first-order valence-electron chi connectivity index (χ1n) is 12.1. The highest BCUT2D eigenvalue weighted by Crippen LogP contribution is 2.66. The number of carbonyl (C=O) groups is 1. The molecular formula is C28H36N2O2. The molecule has 4 aliphatic rings. The molecule has 0 radical (unpaired) electrons. The van der Waals surface area contributed by atoms with E-state index in [2.05, 4.69) is 36.6 Å². The van der Waals surface area contributed by atoms with E-state index in [4.69, 9.17) is 4.74 Å². The zero-order chi connectivity index (χ0) is 22.4. The molecule has 4 fully saturated rings. The number of amides is 1. The van der Waals surface area contributed by atoms with Crippen LogP contribution in [0.2, 0.25) is 0 Å². The highest BCUT2D eigenvalue weighted by molar-refractivity contribution is 5.91. The quantitative estimate of drug-likeness (QED) is 0.577. The van der Waals surface area contributed by atoms with Gasteiger partial charge in [-0.25, -0.2) is 0 Å². The first kappa shape index (κ1) is 21.5. The van der Waals surface area contributed by atoms with Crippen LogP contribution in [0.5, 0.6) is 5.75 Å². The molecule has 2 aromatic carbocycles. The molecule has 0 spiro atoms. The van der Waals surface area contributed by atoms with Crippen molar-refractivity contribution in [1.29, 1.82) is 0 Å². The maximum absolute atomic E-state index is 12.4. The molecule has 0 aliphatic heterocycles. The second-order valence-electron chi connectivity index (χ2n) is 11.6. The molecule has 4 saturated carbocycles. The summed E-state index contributed by atoms with van der Waals surface area (Å²) in [4.78, 5) is 12.4. The molecule has 2 N–H and O–H groups in total. The number of rotatable bonds is 7. The maximum Gasteiger partial charge on any atom is 0.262 e. The van der Waals surface area contributed by atoms with Crippen molar-refractivity contribution in [3.8, 4) is 5.75 Å². The number of anilines is 1. The molecule has 2 aromatic rings. The average Bonchev–Trinajstić information content (AvgIpc) is 2.70. The van der Waals surface area contributed by atoms with Gasteiger partial charge in [-0.2, -0.15) is 0 Å². The van der Waals surface area contributed by atoms with Crippen LogP contribution in [0.15, 0.2) is 48.5 Å². The SMILES string of the molecule is Cc1ccc(NC(=O)COc2ccccc2CNC23CC4CC(C)(CC(C)(C4)C2)C3)cc1. The minimum absolute atomic E-state index is 0.00818. The zero-order valence-corrected chi connectivity index (χ0v) is 19.7. The molecule has 6 rings (SSSR count). The molecule has 2 atom stereocenters. The molecule has 4 aliphatic carbocycles. The Morgan fingerprint density at radius 3 is 2.34 bits per heavy atom. The van der Waals surface area contributed by atoms with E-state index in [1.165, 1.54) is 44.1 Å². The molecule has 170 valence electrons. The van der Waals surface area contributed by atoms with Gasteiger partial charge in [0.25, 0.3) is 5.91 Å². The van der Waals surface area contributed by atoms with Gasteiger partial charge in [-0.15, -0.1) is 0 Å². The lowest BCUT2D eigenvalue weighted by Crippen LogP contribution is -2.63. The Hall–Kier alpha value is -2.33. The van der Waals surface area contributed by atoms with Crippen molar-refractivity contribution in [3.05, 3.63) is 59.7 Å². The van der Waals surface area contributed by atoms with Gasteiger partial charge in [0.2, 0.25) is 0 Å². The van der Waals surface area contributed by atoms with Gasteiger partial charge in [-0.1, -0.05) is 49.7 Å². The third kappa shape index (κ3) is 4.43. The van der Waals surface area contributed by atoms with Crippen molar-refractivity contribution in [1.82, 2.24) is 5.32 Å². The van der Waals surface area contributed by atoms with Crippen LogP contribution in [0, 0.1) is 23.7 Å². The van der Waals surface area contributed by atoms with E-state index in [1.807, 2.05) is 43.3 Å². The molecule has 4 bridgehead atoms. The summed E-state index contributed by atoms with van der Waals surface area (Å²) in [5.74, 6) is 1.52. The van der Waals surface area contributed by atoms with Crippen LogP contribution >= 0.6 is 0 Å². The summed E-state index contributed by atoms with van der Waals surface area (Å²) in [6.45, 7) is 7.85. The molecule has 0 aromatic heterocycles. The Bertz CT molecular complexity index is 981. The normalized spacial score (nSPS) is 32.7. The number of nitrogens with one attached hydrogen (secondary N) is 2. The number of hydrogen-bond acceptors (Lipinski definition) is 3. The van der Waals surface area contributed by atoms with Crippen molar-refractivity contribution in [2.24, 2.45) is 16.7 Å². The smallest absolute Gasteiger partial charge is 0.262 e. The Morgan fingerprint density at radius 1 is 0.969 bits per heavy atom. The van der Waals surface area contributed by atoms with Crippen LogP contribution in [-0.2, 0) is 11.3 Å². The average molecular weight is 433 g/mol. The number of carbonyl (C=O) groups excluding carboxylic acids is 1. The van der Waals surface area contributed by atoms with Gasteiger partial charge in [0, 0.05) is 23.3 Å². The number of hydrogen-bond donors (Lipinski definition) is 2. The fourth-order valence-electron chi connectivity index (χ4n) is 7.70. The van der Waals surface area contributed by atoms with Crippen molar-refractivity contribution in [3.63, 3.8) is 0 Å². The summed E-state index contributed by atoms with van der Waals surface area (Å²) in [6, 6.07) is 15.9. The van der Waals surface area contributed by atoms with Crippen LogP contribution in [0.3, 0.4) is 0 Å². The zero-order valence-electron chi connectivity index (χ0n) is 19.7. The van der Waals surface area contributed by atoms with Gasteiger partial charge in [0.1, 0.15) is 5.75 Å². The van der Waals surface area contributed by atoms with Crippen LogP contribution in [0.4, 0.5) is 5.69 Å². The van der Waals surface area contributed by atoms with Crippen LogP contribution in [0.25, 0.3) is 0 Å². The number of para-hydroxylation sites is 1. The first-order valence-corrected chi connectivity index (χ1v) is 12.1. The second-order valence-corrected chi connectivity index (χ2v) is 11.6. The van der Waals surface area contributed by atoms with Crippen molar-refractivity contribution in [2.75, 3.05) is 11.9 Å². The predicted octanol–water partition coefficient (Wildman–Crippen LogP) is 5.85. The van der Waals surface area contributed by atoms with Gasteiger partial charge in [-0.05, 0) is 80.4 Å². The summed E-state index contributed by atoms with van der Waals surface area (Å²) in [5.41, 5.74) is 4.32. The third-order valence-electron chi connectivity index (χ3n) is 7.95. The first-order chi connectivity index (χ1) is 15.2. The highest BCUT2D eigenvalue weighted by Gasteiger charge is 2.59. The van der Waals surface area contributed by atoms with Crippen molar-refractivity contribution in [2.45, 2.75) is 71.4 Å². The van der Waals surface area contributed by atoms with E-state index in [0.717, 1.165) is 29.5 Å². The standard InChI is InChI=1S/C28H36N2O2/c1-20-8-10-23(11-9-20)30-25(31)16-32-24-7-5-4-6-22(24)15-29-28-14-21-12-26(2,18-28)17-27(3,13-21)19-28/h4-11,21,29H,12-19H2,1-3H3,(H,30,31). The molecular weight excluding hydrogens is 396 g/mol. The van der Waals surface area contributed by atoms with Crippen LogP contribution in [-0.4, -0.2) is 18.1 Å². The summed E-state index contributed by atoms with van der Waals surface area (Å²) in [7, 11) is 0. The molecule has 4 heteroatoms. The third-order valence-corrected chi connectivity index (χ3v) is 7.95. The van der Waals surface area contributed by atoms with E-state index in [9.17, 15) is 4.79 Å². The maximum atomic E-state index is 12.4. The molecule has 32 heavy (non-hydrogen) atoms. The Balaban J connectivity index is 1.22. The van der Waals surface area contributed by atoms with Gasteiger partial charge < -0.3 is 15.4 Å². The summed E-state index contributed by atoms with van der Waals surface area (Å²) in [5, 5.41) is 6.90. The van der Waals surface area contributed by atoms with Gasteiger partial charge >= 0.3 is 0 Å². The van der Waals surface area contributed by atoms with E-state index in [0.29, 0.717) is 10.8 Å². The molecule has 0 heterocycles. The van der Waals surface area contributed by atoms with Crippen molar-refractivity contribution < 1.29 is 9.53 Å². The topological polar surface area (TPSA) is 50.4 Å². The molecule has 0 saturated heterocycles. The predicted molar refractivity (Wildman–Crippen MR) is 129 cm³/mol. The molecule has 2 unspecified atom stereocenters. The summed E-state index contributed by atoms with van der Waals surface area (Å²) in [6.07, 6.45) is 8.07. The minimum Gasteiger partial charge on any atom is -0.483 e. The second kappa shape index (κ2) is 7.91. The lowest BCUT2D eigenvalue weighted by Gasteiger charge is -2.65. The van der Waals surface area contributed by atoms with Gasteiger partial charge in [0.15, 0.2) is 6.61 Å². The van der Waals surface area contributed by atoms with Gasteiger partial charge in [0.05, 0.1) is 0 Å². The Kier molecular flexibility index (Phi) is 5.32. The van der Waals surface area contributed by atoms with E-state index in [1.54, 1.807) is 0 Å². The molecule has 1 amide bonds. The number of benzene rings is 2.